The number of benzene rings is 2. The highest BCUT2D eigenvalue weighted by atomic mass is 16.6. The van der Waals surface area contributed by atoms with Crippen LogP contribution in [-0.2, 0) is 6.42 Å². The summed E-state index contributed by atoms with van der Waals surface area (Å²) in [6, 6.07) is 15.2. The fraction of sp³-hybridized carbons (Fsp3) is 0.294. The van der Waals surface area contributed by atoms with Crippen LogP contribution in [0.5, 0.6) is 11.5 Å². The summed E-state index contributed by atoms with van der Waals surface area (Å²) in [6.07, 6.45) is 1.09. The van der Waals surface area contributed by atoms with Crippen LogP contribution in [0.25, 0.3) is 0 Å². The summed E-state index contributed by atoms with van der Waals surface area (Å²) in [5.41, 5.74) is 4.04. The minimum atomic E-state index is 0.246. The van der Waals surface area contributed by atoms with E-state index in [1.807, 2.05) is 6.07 Å². The van der Waals surface area contributed by atoms with Crippen LogP contribution in [-0.4, -0.2) is 19.8 Å². The lowest BCUT2D eigenvalue weighted by Gasteiger charge is -2.28. The average Bonchev–Trinajstić information content (AvgIpc) is 2.54. The third-order valence-corrected chi connectivity index (χ3v) is 4.01. The van der Waals surface area contributed by atoms with E-state index in [1.165, 1.54) is 16.7 Å². The normalized spacial score (nSPS) is 20.3. The first-order valence-corrected chi connectivity index (χ1v) is 7.12. The maximum absolute atomic E-state index is 5.69. The summed E-state index contributed by atoms with van der Waals surface area (Å²) < 4.78 is 11.3. The molecule has 1 N–H and O–H groups in total. The predicted octanol–water partition coefficient (Wildman–Crippen LogP) is 2.69. The van der Waals surface area contributed by atoms with E-state index in [0.717, 1.165) is 24.5 Å². The minimum absolute atomic E-state index is 0.246. The summed E-state index contributed by atoms with van der Waals surface area (Å²) in [7, 11) is 0. The van der Waals surface area contributed by atoms with Crippen molar-refractivity contribution in [1.29, 1.82) is 0 Å². The molecule has 2 aliphatic rings. The molecule has 2 aromatic carbocycles. The first kappa shape index (κ1) is 11.8. The zero-order valence-electron chi connectivity index (χ0n) is 11.3. The second-order valence-electron chi connectivity index (χ2n) is 5.24. The fourth-order valence-electron chi connectivity index (χ4n) is 3.04. The van der Waals surface area contributed by atoms with Crippen LogP contribution in [0.2, 0.25) is 0 Å². The number of rotatable bonds is 1. The number of fused-ring (bicyclic) bond motifs is 2. The lowest BCUT2D eigenvalue weighted by Crippen LogP contribution is -2.30. The third-order valence-electron chi connectivity index (χ3n) is 4.01. The van der Waals surface area contributed by atoms with E-state index in [-0.39, 0.29) is 6.04 Å². The Bertz CT molecular complexity index is 639. The smallest absolute Gasteiger partial charge is 0.161 e. The van der Waals surface area contributed by atoms with Crippen LogP contribution in [0.4, 0.5) is 0 Å². The van der Waals surface area contributed by atoms with Crippen molar-refractivity contribution in [1.82, 2.24) is 5.32 Å². The van der Waals surface area contributed by atoms with Crippen LogP contribution in [0.1, 0.15) is 22.7 Å². The Labute approximate surface area is 118 Å². The molecule has 2 aromatic rings. The summed E-state index contributed by atoms with van der Waals surface area (Å²) in [6.45, 7) is 2.28. The van der Waals surface area contributed by atoms with Gasteiger partial charge >= 0.3 is 0 Å². The Morgan fingerprint density at radius 1 is 0.950 bits per heavy atom. The van der Waals surface area contributed by atoms with E-state index < -0.39 is 0 Å². The zero-order chi connectivity index (χ0) is 13.4. The molecule has 2 aliphatic heterocycles. The van der Waals surface area contributed by atoms with Crippen LogP contribution in [0.3, 0.4) is 0 Å². The molecule has 0 radical (unpaired) electrons. The van der Waals surface area contributed by atoms with E-state index in [4.69, 9.17) is 9.47 Å². The van der Waals surface area contributed by atoms with E-state index >= 15 is 0 Å². The highest BCUT2D eigenvalue weighted by Gasteiger charge is 2.22. The largest absolute Gasteiger partial charge is 0.486 e. The van der Waals surface area contributed by atoms with E-state index in [1.54, 1.807) is 0 Å². The van der Waals surface area contributed by atoms with Crippen LogP contribution >= 0.6 is 0 Å². The molecule has 102 valence electrons. The van der Waals surface area contributed by atoms with Crippen molar-refractivity contribution in [2.45, 2.75) is 12.5 Å². The molecule has 1 atom stereocenters. The summed E-state index contributed by atoms with van der Waals surface area (Å²) in [5, 5.41) is 3.60. The molecule has 0 amide bonds. The van der Waals surface area contributed by atoms with Crippen molar-refractivity contribution in [2.24, 2.45) is 0 Å². The summed E-state index contributed by atoms with van der Waals surface area (Å²) in [4.78, 5) is 0. The first-order chi connectivity index (χ1) is 9.92. The van der Waals surface area contributed by atoms with Gasteiger partial charge in [0.15, 0.2) is 11.5 Å². The van der Waals surface area contributed by atoms with Crippen LogP contribution < -0.4 is 14.8 Å². The van der Waals surface area contributed by atoms with Gasteiger partial charge in [0.25, 0.3) is 0 Å². The maximum atomic E-state index is 5.69. The van der Waals surface area contributed by atoms with E-state index in [0.29, 0.717) is 13.2 Å². The summed E-state index contributed by atoms with van der Waals surface area (Å²) in [5.74, 6) is 1.71. The van der Waals surface area contributed by atoms with Crippen molar-refractivity contribution in [3.05, 3.63) is 59.2 Å². The number of ether oxygens (including phenoxy) is 2. The molecule has 0 fully saturated rings. The van der Waals surface area contributed by atoms with Gasteiger partial charge < -0.3 is 14.8 Å². The van der Waals surface area contributed by atoms with Crippen LogP contribution in [0, 0.1) is 0 Å². The molecule has 3 heteroatoms. The Hall–Kier alpha value is -2.00. The zero-order valence-corrected chi connectivity index (χ0v) is 11.3. The second-order valence-corrected chi connectivity index (χ2v) is 5.24. The molecule has 0 saturated carbocycles. The molecule has 0 aliphatic carbocycles. The SMILES string of the molecule is c1ccc2c(c1)CCNC2c1ccc2c(c1)OCCO2. The van der Waals surface area contributed by atoms with Gasteiger partial charge in [0.05, 0.1) is 6.04 Å². The quantitative estimate of drug-likeness (QED) is 0.861. The summed E-state index contributed by atoms with van der Waals surface area (Å²) >= 11 is 0. The average molecular weight is 267 g/mol. The lowest BCUT2D eigenvalue weighted by atomic mass is 9.90. The van der Waals surface area contributed by atoms with Gasteiger partial charge in [-0.1, -0.05) is 30.3 Å². The van der Waals surface area contributed by atoms with Gasteiger partial charge in [0.1, 0.15) is 13.2 Å². The molecule has 0 bridgehead atoms. The minimum Gasteiger partial charge on any atom is -0.486 e. The molecule has 20 heavy (non-hydrogen) atoms. The van der Waals surface area contributed by atoms with Gasteiger partial charge in [0.2, 0.25) is 0 Å². The third kappa shape index (κ3) is 1.95. The van der Waals surface area contributed by atoms with Crippen molar-refractivity contribution in [2.75, 3.05) is 19.8 Å². The van der Waals surface area contributed by atoms with Gasteiger partial charge in [-0.3, -0.25) is 0 Å². The van der Waals surface area contributed by atoms with Crippen molar-refractivity contribution in [3.8, 4) is 11.5 Å². The number of nitrogens with one attached hydrogen (secondary N) is 1. The van der Waals surface area contributed by atoms with E-state index in [2.05, 4.69) is 41.7 Å². The Morgan fingerprint density at radius 2 is 1.80 bits per heavy atom. The van der Waals surface area contributed by atoms with Gasteiger partial charge in [-0.05, 0) is 35.2 Å². The standard InChI is InChI=1S/C17H17NO2/c1-2-4-14-12(3-1)7-8-18-17(14)13-5-6-15-16(11-13)20-10-9-19-15/h1-6,11,17-18H,7-10H2. The number of hydrogen-bond acceptors (Lipinski definition) is 3. The Morgan fingerprint density at radius 3 is 2.75 bits per heavy atom. The molecular weight excluding hydrogens is 250 g/mol. The van der Waals surface area contributed by atoms with Gasteiger partial charge in [-0.15, -0.1) is 0 Å². The second kappa shape index (κ2) is 4.84. The molecule has 0 saturated heterocycles. The van der Waals surface area contributed by atoms with Gasteiger partial charge in [0, 0.05) is 6.54 Å². The van der Waals surface area contributed by atoms with Crippen molar-refractivity contribution in [3.63, 3.8) is 0 Å². The first-order valence-electron chi connectivity index (χ1n) is 7.12. The topological polar surface area (TPSA) is 30.5 Å². The molecule has 3 nitrogen and oxygen atoms in total. The monoisotopic (exact) mass is 267 g/mol. The van der Waals surface area contributed by atoms with Crippen molar-refractivity contribution < 1.29 is 9.47 Å². The predicted molar refractivity (Wildman–Crippen MR) is 77.4 cm³/mol. The van der Waals surface area contributed by atoms with Crippen molar-refractivity contribution >= 4 is 0 Å². The fourth-order valence-corrected chi connectivity index (χ4v) is 3.04. The molecule has 1 unspecified atom stereocenters. The molecule has 0 spiro atoms. The lowest BCUT2D eigenvalue weighted by molar-refractivity contribution is 0.171. The Kier molecular flexibility index (Phi) is 2.85. The maximum Gasteiger partial charge on any atom is 0.161 e. The highest BCUT2D eigenvalue weighted by Crippen LogP contribution is 2.36. The molecule has 4 rings (SSSR count). The number of hydrogen-bond donors (Lipinski definition) is 1. The van der Waals surface area contributed by atoms with Gasteiger partial charge in [-0.2, -0.15) is 0 Å². The molecular formula is C17H17NO2. The Balaban J connectivity index is 1.75. The molecule has 2 heterocycles. The van der Waals surface area contributed by atoms with Gasteiger partial charge in [-0.25, -0.2) is 0 Å². The van der Waals surface area contributed by atoms with Crippen LogP contribution in [0.15, 0.2) is 42.5 Å². The van der Waals surface area contributed by atoms with E-state index in [9.17, 15) is 0 Å². The molecule has 0 aromatic heterocycles. The highest BCUT2D eigenvalue weighted by molar-refractivity contribution is 5.48.